The van der Waals surface area contributed by atoms with Gasteiger partial charge in [0.1, 0.15) is 11.9 Å². The van der Waals surface area contributed by atoms with Crippen LogP contribution in [-0.2, 0) is 11.3 Å². The number of anilines is 1. The maximum Gasteiger partial charge on any atom is 0.264 e. The highest BCUT2D eigenvalue weighted by molar-refractivity contribution is 5.51. The molecule has 1 heterocycles. The average molecular weight is 289 g/mol. The molecule has 2 N–H and O–H groups in total. The first-order valence-corrected chi connectivity index (χ1v) is 7.19. The number of rotatable bonds is 7. The van der Waals surface area contributed by atoms with Crippen LogP contribution in [0.3, 0.4) is 0 Å². The number of nitrogens with two attached hydrogens (primary N) is 1. The second kappa shape index (κ2) is 6.13. The minimum absolute atomic E-state index is 0.0608. The Morgan fingerprint density at radius 2 is 2.19 bits per heavy atom. The summed E-state index contributed by atoms with van der Waals surface area (Å²) in [6, 6.07) is 7.31. The van der Waals surface area contributed by atoms with Crippen LogP contribution in [0.5, 0.6) is 5.75 Å². The lowest BCUT2D eigenvalue weighted by Gasteiger charge is -2.11. The fourth-order valence-corrected chi connectivity index (χ4v) is 2.19. The number of nitrogen functional groups attached to an aromatic ring is 1. The predicted octanol–water partition coefficient (Wildman–Crippen LogP) is 2.72. The summed E-state index contributed by atoms with van der Waals surface area (Å²) < 4.78 is 16.5. The maximum absolute atomic E-state index is 5.81. The quantitative estimate of drug-likeness (QED) is 0.789. The van der Waals surface area contributed by atoms with Gasteiger partial charge in [-0.2, -0.15) is 4.98 Å². The molecule has 0 aliphatic heterocycles. The summed E-state index contributed by atoms with van der Waals surface area (Å²) >= 11 is 0. The van der Waals surface area contributed by atoms with Crippen LogP contribution in [0.15, 0.2) is 28.8 Å². The summed E-state index contributed by atoms with van der Waals surface area (Å²) in [5, 5.41) is 4.01. The van der Waals surface area contributed by atoms with Gasteiger partial charge in [-0.3, -0.25) is 0 Å². The van der Waals surface area contributed by atoms with Crippen molar-refractivity contribution in [3.63, 3.8) is 0 Å². The van der Waals surface area contributed by atoms with E-state index in [0.29, 0.717) is 35.7 Å². The molecule has 0 saturated heterocycles. The van der Waals surface area contributed by atoms with Crippen molar-refractivity contribution < 1.29 is 14.0 Å². The summed E-state index contributed by atoms with van der Waals surface area (Å²) in [6.07, 6.45) is 2.26. The molecule has 3 rings (SSSR count). The zero-order valence-electron chi connectivity index (χ0n) is 12.0. The molecule has 1 saturated carbocycles. The molecule has 1 aromatic carbocycles. The minimum Gasteiger partial charge on any atom is -0.482 e. The Kier molecular flexibility index (Phi) is 4.06. The van der Waals surface area contributed by atoms with Crippen LogP contribution in [0.25, 0.3) is 0 Å². The molecule has 21 heavy (non-hydrogen) atoms. The summed E-state index contributed by atoms with van der Waals surface area (Å²) in [5.74, 6) is 2.17. The molecule has 1 aromatic heterocycles. The van der Waals surface area contributed by atoms with Crippen molar-refractivity contribution in [3.8, 4) is 5.75 Å². The van der Waals surface area contributed by atoms with Crippen LogP contribution in [-0.4, -0.2) is 16.7 Å². The third-order valence-electron chi connectivity index (χ3n) is 3.40. The van der Waals surface area contributed by atoms with E-state index in [1.807, 2.05) is 19.1 Å². The molecular weight excluding hydrogens is 270 g/mol. The lowest BCUT2D eigenvalue weighted by molar-refractivity contribution is 0.0384. The first-order chi connectivity index (χ1) is 10.3. The van der Waals surface area contributed by atoms with Gasteiger partial charge in [-0.25, -0.2) is 0 Å². The van der Waals surface area contributed by atoms with Crippen molar-refractivity contribution in [1.29, 1.82) is 0 Å². The van der Waals surface area contributed by atoms with Gasteiger partial charge < -0.3 is 19.7 Å². The van der Waals surface area contributed by atoms with Gasteiger partial charge in [0.2, 0.25) is 5.82 Å². The van der Waals surface area contributed by atoms with Gasteiger partial charge >= 0.3 is 0 Å². The van der Waals surface area contributed by atoms with Crippen molar-refractivity contribution in [2.45, 2.75) is 32.5 Å². The van der Waals surface area contributed by atoms with E-state index in [-0.39, 0.29) is 12.7 Å². The Balaban J connectivity index is 1.63. The van der Waals surface area contributed by atoms with Gasteiger partial charge in [0, 0.05) is 6.61 Å². The monoisotopic (exact) mass is 289 g/mol. The molecule has 1 fully saturated rings. The Labute approximate surface area is 123 Å². The third kappa shape index (κ3) is 3.33. The molecule has 1 atom stereocenters. The number of ether oxygens (including phenoxy) is 2. The Bertz CT molecular complexity index is 595. The fraction of sp³-hybridized carbons (Fsp3) is 0.467. The van der Waals surface area contributed by atoms with E-state index in [9.17, 15) is 0 Å². The van der Waals surface area contributed by atoms with Crippen molar-refractivity contribution >= 4 is 5.69 Å². The van der Waals surface area contributed by atoms with E-state index >= 15 is 0 Å². The van der Waals surface area contributed by atoms with Gasteiger partial charge in [-0.05, 0) is 37.8 Å². The average Bonchev–Trinajstić information content (AvgIpc) is 3.22. The van der Waals surface area contributed by atoms with Crippen LogP contribution < -0.4 is 10.5 Å². The third-order valence-corrected chi connectivity index (χ3v) is 3.40. The fourth-order valence-electron chi connectivity index (χ4n) is 2.19. The molecule has 0 bridgehead atoms. The second-order valence-electron chi connectivity index (χ2n) is 5.09. The number of nitrogens with zero attached hydrogens (tertiary/aromatic N) is 2. The summed E-state index contributed by atoms with van der Waals surface area (Å²) in [6.45, 7) is 2.81. The zero-order valence-corrected chi connectivity index (χ0v) is 12.0. The molecular formula is C15H19N3O3. The van der Waals surface area contributed by atoms with E-state index in [1.165, 1.54) is 0 Å². The molecule has 1 unspecified atom stereocenters. The normalized spacial score (nSPS) is 15.9. The molecule has 6 nitrogen and oxygen atoms in total. The molecule has 2 aromatic rings. The summed E-state index contributed by atoms with van der Waals surface area (Å²) in [4.78, 5) is 4.37. The van der Waals surface area contributed by atoms with Crippen LogP contribution >= 0.6 is 0 Å². The van der Waals surface area contributed by atoms with Gasteiger partial charge in [0.25, 0.3) is 5.89 Å². The van der Waals surface area contributed by atoms with E-state index < -0.39 is 0 Å². The predicted molar refractivity (Wildman–Crippen MR) is 76.6 cm³/mol. The molecule has 1 aliphatic carbocycles. The highest BCUT2D eigenvalue weighted by Gasteiger charge is 2.36. The Morgan fingerprint density at radius 1 is 1.38 bits per heavy atom. The number of hydrogen-bond acceptors (Lipinski definition) is 6. The van der Waals surface area contributed by atoms with Crippen molar-refractivity contribution in [2.75, 3.05) is 12.3 Å². The number of hydrogen-bond donors (Lipinski definition) is 1. The second-order valence-corrected chi connectivity index (χ2v) is 5.09. The smallest absolute Gasteiger partial charge is 0.264 e. The number of aromatic nitrogens is 2. The largest absolute Gasteiger partial charge is 0.482 e. The Morgan fingerprint density at radius 3 is 2.90 bits per heavy atom. The summed E-state index contributed by atoms with van der Waals surface area (Å²) in [7, 11) is 0. The summed E-state index contributed by atoms with van der Waals surface area (Å²) in [5.41, 5.74) is 6.40. The lowest BCUT2D eigenvalue weighted by atomic mass is 10.2. The maximum atomic E-state index is 5.81. The van der Waals surface area contributed by atoms with Gasteiger partial charge in [0.05, 0.1) is 5.69 Å². The van der Waals surface area contributed by atoms with E-state index in [4.69, 9.17) is 19.7 Å². The lowest BCUT2D eigenvalue weighted by Crippen LogP contribution is -2.08. The highest BCUT2D eigenvalue weighted by Crippen LogP contribution is 2.42. The Hall–Kier alpha value is -2.08. The topological polar surface area (TPSA) is 83.4 Å². The van der Waals surface area contributed by atoms with E-state index in [1.54, 1.807) is 12.1 Å². The first-order valence-electron chi connectivity index (χ1n) is 7.19. The molecule has 6 heteroatoms. The highest BCUT2D eigenvalue weighted by atomic mass is 16.5. The molecule has 0 amide bonds. The van der Waals surface area contributed by atoms with Crippen molar-refractivity contribution in [1.82, 2.24) is 10.1 Å². The molecule has 0 spiro atoms. The van der Waals surface area contributed by atoms with Gasteiger partial charge in [0.15, 0.2) is 6.61 Å². The number of benzene rings is 1. The number of para-hydroxylation sites is 2. The zero-order chi connectivity index (χ0) is 14.7. The molecule has 0 radical (unpaired) electrons. The van der Waals surface area contributed by atoms with Crippen LogP contribution in [0.4, 0.5) is 5.69 Å². The van der Waals surface area contributed by atoms with Crippen LogP contribution in [0.1, 0.15) is 37.6 Å². The van der Waals surface area contributed by atoms with E-state index in [2.05, 4.69) is 10.1 Å². The molecule has 112 valence electrons. The van der Waals surface area contributed by atoms with Crippen molar-refractivity contribution in [2.24, 2.45) is 5.92 Å². The standard InChI is InChI=1S/C15H19N3O3/c1-2-19-14(10-7-8-10)15-17-13(21-18-15)9-20-12-6-4-3-5-11(12)16/h3-6,10,14H,2,7-9,16H2,1H3. The first kappa shape index (κ1) is 13.9. The van der Waals surface area contributed by atoms with Crippen molar-refractivity contribution in [3.05, 3.63) is 36.0 Å². The van der Waals surface area contributed by atoms with Gasteiger partial charge in [-0.1, -0.05) is 17.3 Å². The minimum atomic E-state index is -0.0608. The SMILES string of the molecule is CCOC(c1noc(COc2ccccc2N)n1)C1CC1. The van der Waals surface area contributed by atoms with Crippen LogP contribution in [0.2, 0.25) is 0 Å². The van der Waals surface area contributed by atoms with Gasteiger partial charge in [-0.15, -0.1) is 0 Å². The molecule has 1 aliphatic rings. The van der Waals surface area contributed by atoms with Crippen LogP contribution in [0, 0.1) is 5.92 Å². The van der Waals surface area contributed by atoms with E-state index in [0.717, 1.165) is 12.8 Å².